The molecule has 1 heterocycles. The third kappa shape index (κ3) is 7.74. The van der Waals surface area contributed by atoms with Crippen molar-refractivity contribution >= 4 is 11.6 Å². The van der Waals surface area contributed by atoms with E-state index >= 15 is 0 Å². The lowest BCUT2D eigenvalue weighted by Gasteiger charge is -2.44. The fraction of sp³-hybridized carbons (Fsp3) is 0.333. The summed E-state index contributed by atoms with van der Waals surface area (Å²) in [6, 6.07) is 30.0. The molecule has 1 aliphatic heterocycles. The first-order valence-electron chi connectivity index (χ1n) is 12.2. The molecule has 3 aromatic carbocycles. The van der Waals surface area contributed by atoms with Gasteiger partial charge in [-0.05, 0) is 16.7 Å². The van der Waals surface area contributed by atoms with Crippen LogP contribution in [0.5, 0.6) is 0 Å². The maximum Gasteiger partial charge on any atom is 0.187 e. The van der Waals surface area contributed by atoms with Gasteiger partial charge in [-0.25, -0.2) is 0 Å². The molecule has 0 saturated carbocycles. The van der Waals surface area contributed by atoms with Gasteiger partial charge >= 0.3 is 0 Å². The van der Waals surface area contributed by atoms with Gasteiger partial charge in [0.2, 0.25) is 0 Å². The van der Waals surface area contributed by atoms with E-state index in [1.807, 2.05) is 91.0 Å². The van der Waals surface area contributed by atoms with Crippen LogP contribution in [0.15, 0.2) is 104 Å². The first-order valence-corrected chi connectivity index (χ1v) is 12.6. The molecule has 0 amide bonds. The Morgan fingerprint density at radius 1 is 0.694 bits per heavy atom. The van der Waals surface area contributed by atoms with E-state index in [-0.39, 0.29) is 0 Å². The molecule has 0 spiro atoms. The average Bonchev–Trinajstić information content (AvgIpc) is 2.93. The van der Waals surface area contributed by atoms with Gasteiger partial charge in [0.15, 0.2) is 6.29 Å². The van der Waals surface area contributed by atoms with Crippen LogP contribution in [-0.2, 0) is 43.5 Å². The van der Waals surface area contributed by atoms with Crippen LogP contribution in [0.4, 0.5) is 0 Å². The van der Waals surface area contributed by atoms with E-state index in [9.17, 15) is 0 Å². The van der Waals surface area contributed by atoms with Crippen molar-refractivity contribution in [3.05, 3.63) is 120 Å². The summed E-state index contributed by atoms with van der Waals surface area (Å²) in [5.74, 6) is 0. The number of hydrogen-bond donors (Lipinski definition) is 0. The molecule has 36 heavy (non-hydrogen) atoms. The lowest BCUT2D eigenvalue weighted by Crippen LogP contribution is -2.59. The van der Waals surface area contributed by atoms with Crippen LogP contribution >= 0.6 is 11.6 Å². The zero-order valence-electron chi connectivity index (χ0n) is 20.3. The molecule has 0 aromatic heterocycles. The van der Waals surface area contributed by atoms with Crippen LogP contribution in [0.1, 0.15) is 16.7 Å². The van der Waals surface area contributed by atoms with E-state index in [1.54, 1.807) is 6.08 Å². The quantitative estimate of drug-likeness (QED) is 0.212. The van der Waals surface area contributed by atoms with Gasteiger partial charge in [-0.3, -0.25) is 0 Å². The molecule has 190 valence electrons. The van der Waals surface area contributed by atoms with Crippen molar-refractivity contribution in [2.24, 2.45) is 0 Å². The Morgan fingerprint density at radius 3 is 1.72 bits per heavy atom. The molecule has 5 atom stereocenters. The zero-order valence-corrected chi connectivity index (χ0v) is 21.0. The van der Waals surface area contributed by atoms with Crippen molar-refractivity contribution in [2.75, 3.05) is 13.2 Å². The highest BCUT2D eigenvalue weighted by atomic mass is 35.5. The van der Waals surface area contributed by atoms with Crippen molar-refractivity contribution in [2.45, 2.75) is 49.8 Å². The Bertz CT molecular complexity index is 1020. The van der Waals surface area contributed by atoms with Crippen LogP contribution in [-0.4, -0.2) is 43.2 Å². The highest BCUT2D eigenvalue weighted by molar-refractivity contribution is 6.21. The lowest BCUT2D eigenvalue weighted by atomic mass is 10.0. The maximum atomic E-state index is 6.99. The predicted octanol–water partition coefficient (Wildman–Crippen LogP) is 5.91. The third-order valence-corrected chi connectivity index (χ3v) is 6.44. The van der Waals surface area contributed by atoms with Crippen molar-refractivity contribution in [1.29, 1.82) is 0 Å². The van der Waals surface area contributed by atoms with Crippen LogP contribution in [0.2, 0.25) is 0 Å². The molecule has 1 fully saturated rings. The number of benzene rings is 3. The van der Waals surface area contributed by atoms with Gasteiger partial charge in [0.05, 0.1) is 38.4 Å². The summed E-state index contributed by atoms with van der Waals surface area (Å²) in [7, 11) is 0. The topological polar surface area (TPSA) is 46.2 Å². The molecule has 1 unspecified atom stereocenters. The second kappa shape index (κ2) is 14.3. The van der Waals surface area contributed by atoms with Gasteiger partial charge in [0.25, 0.3) is 0 Å². The normalized spacial score (nSPS) is 23.9. The molecular formula is C30H33ClO5. The Hall–Kier alpha value is -2.51. The SMILES string of the molecule is C=CCOC1O[C@H](COCc2ccccc2)[C@H](Cl)[C@H](OCc2ccccc2)[C@H]1OCc1ccccc1. The van der Waals surface area contributed by atoms with E-state index in [1.165, 1.54) is 0 Å². The number of halogens is 1. The van der Waals surface area contributed by atoms with Gasteiger partial charge in [-0.15, -0.1) is 18.2 Å². The fourth-order valence-electron chi connectivity index (χ4n) is 4.06. The number of hydrogen-bond acceptors (Lipinski definition) is 5. The molecule has 5 nitrogen and oxygen atoms in total. The molecule has 4 rings (SSSR count). The Balaban J connectivity index is 1.48. The summed E-state index contributed by atoms with van der Waals surface area (Å²) in [4.78, 5) is 0. The first kappa shape index (κ1) is 26.6. The van der Waals surface area contributed by atoms with E-state index < -0.39 is 30.0 Å². The molecule has 3 aromatic rings. The molecule has 0 radical (unpaired) electrons. The van der Waals surface area contributed by atoms with Gasteiger partial charge in [0.1, 0.15) is 18.3 Å². The molecule has 0 bridgehead atoms. The minimum Gasteiger partial charge on any atom is -0.374 e. The predicted molar refractivity (Wildman–Crippen MR) is 141 cm³/mol. The van der Waals surface area contributed by atoms with Gasteiger partial charge in [0, 0.05) is 0 Å². The zero-order chi connectivity index (χ0) is 25.0. The lowest BCUT2D eigenvalue weighted by molar-refractivity contribution is -0.288. The molecule has 0 aliphatic carbocycles. The van der Waals surface area contributed by atoms with E-state index in [4.69, 9.17) is 35.3 Å². The largest absolute Gasteiger partial charge is 0.374 e. The third-order valence-electron chi connectivity index (χ3n) is 5.91. The fourth-order valence-corrected chi connectivity index (χ4v) is 4.41. The van der Waals surface area contributed by atoms with Crippen LogP contribution in [0, 0.1) is 0 Å². The Labute approximate surface area is 218 Å². The summed E-state index contributed by atoms with van der Waals surface area (Å²) in [5, 5.41) is -0.506. The van der Waals surface area contributed by atoms with Crippen molar-refractivity contribution in [3.63, 3.8) is 0 Å². The smallest absolute Gasteiger partial charge is 0.187 e. The summed E-state index contributed by atoms with van der Waals surface area (Å²) in [6.07, 6.45) is -0.466. The molecule has 1 saturated heterocycles. The van der Waals surface area contributed by atoms with Crippen molar-refractivity contribution in [3.8, 4) is 0 Å². The van der Waals surface area contributed by atoms with E-state index in [0.29, 0.717) is 33.0 Å². The number of ether oxygens (including phenoxy) is 5. The molecule has 1 aliphatic rings. The monoisotopic (exact) mass is 508 g/mol. The highest BCUT2D eigenvalue weighted by Gasteiger charge is 2.47. The van der Waals surface area contributed by atoms with Crippen LogP contribution in [0.3, 0.4) is 0 Å². The maximum absolute atomic E-state index is 6.99. The second-order valence-corrected chi connectivity index (χ2v) is 9.14. The molecule has 0 N–H and O–H groups in total. The summed E-state index contributed by atoms with van der Waals surface area (Å²) >= 11 is 6.99. The average molecular weight is 509 g/mol. The van der Waals surface area contributed by atoms with E-state index in [0.717, 1.165) is 16.7 Å². The van der Waals surface area contributed by atoms with Crippen molar-refractivity contribution in [1.82, 2.24) is 0 Å². The van der Waals surface area contributed by atoms with Gasteiger partial charge in [-0.2, -0.15) is 0 Å². The minimum atomic E-state index is -0.687. The van der Waals surface area contributed by atoms with Gasteiger partial charge in [-0.1, -0.05) is 97.1 Å². The highest BCUT2D eigenvalue weighted by Crippen LogP contribution is 2.32. The summed E-state index contributed by atoms with van der Waals surface area (Å²) in [6.45, 7) is 5.62. The summed E-state index contributed by atoms with van der Waals surface area (Å²) in [5.41, 5.74) is 3.18. The Morgan fingerprint density at radius 2 is 1.19 bits per heavy atom. The molecular weight excluding hydrogens is 476 g/mol. The Kier molecular flexibility index (Phi) is 10.5. The molecule has 6 heteroatoms. The van der Waals surface area contributed by atoms with Gasteiger partial charge < -0.3 is 23.7 Å². The second-order valence-electron chi connectivity index (χ2n) is 8.63. The van der Waals surface area contributed by atoms with Crippen LogP contribution in [0.25, 0.3) is 0 Å². The van der Waals surface area contributed by atoms with Crippen molar-refractivity contribution < 1.29 is 23.7 Å². The summed E-state index contributed by atoms with van der Waals surface area (Å²) < 4.78 is 31.0. The number of alkyl halides is 1. The van der Waals surface area contributed by atoms with Crippen LogP contribution < -0.4 is 0 Å². The first-order chi connectivity index (χ1) is 17.7. The number of rotatable bonds is 13. The van der Waals surface area contributed by atoms with E-state index in [2.05, 4.69) is 6.58 Å². The standard InChI is InChI=1S/C30H33ClO5/c1-2-18-33-30-29(35-21-25-16-10-5-11-17-25)28(34-20-24-14-8-4-9-15-24)27(31)26(36-30)22-32-19-23-12-6-3-7-13-23/h2-17,26-30H,1,18-22H2/t26-,27+,28+,29-,30?/m1/s1. The minimum absolute atomic E-state index is 0.299.